The Balaban J connectivity index is 2.33. The molecule has 1 aromatic heterocycles. The second kappa shape index (κ2) is 5.39. The first kappa shape index (κ1) is 12.9. The Kier molecular flexibility index (Phi) is 3.86. The quantitative estimate of drug-likeness (QED) is 0.596. The van der Waals surface area contributed by atoms with E-state index >= 15 is 0 Å². The van der Waals surface area contributed by atoms with Gasteiger partial charge in [0.25, 0.3) is 0 Å². The van der Waals surface area contributed by atoms with E-state index in [2.05, 4.69) is 15.7 Å². The van der Waals surface area contributed by atoms with Crippen LogP contribution in [-0.2, 0) is 0 Å². The third-order valence-electron chi connectivity index (χ3n) is 2.16. The van der Waals surface area contributed by atoms with E-state index < -0.39 is 5.82 Å². The van der Waals surface area contributed by atoms with E-state index in [-0.39, 0.29) is 10.0 Å². The molecule has 0 atom stereocenters. The number of nitrogen functional groups attached to an aromatic ring is 1. The van der Waals surface area contributed by atoms with Crippen LogP contribution in [-0.4, -0.2) is 4.98 Å². The maximum Gasteiger partial charge on any atom is 0.142 e. The zero-order valence-electron chi connectivity index (χ0n) is 9.05. The molecule has 0 aliphatic rings. The average Bonchev–Trinajstić information content (AvgIpc) is 2.34. The van der Waals surface area contributed by atoms with Gasteiger partial charge in [-0.2, -0.15) is 0 Å². The molecule has 0 radical (unpaired) electrons. The molecular weight excluding hydrogens is 278 g/mol. The highest BCUT2D eigenvalue weighted by Crippen LogP contribution is 2.33. The van der Waals surface area contributed by atoms with Crippen LogP contribution in [0, 0.1) is 5.82 Å². The number of nitrogens with zero attached hydrogens (tertiary/aromatic N) is 1. The fraction of sp³-hybridized carbons (Fsp3) is 0. The molecule has 0 amide bonds. The molecule has 0 saturated carbocycles. The zero-order valence-corrected chi connectivity index (χ0v) is 10.6. The minimum Gasteiger partial charge on any atom is -0.338 e. The lowest BCUT2D eigenvalue weighted by molar-refractivity contribution is 0.628. The zero-order chi connectivity index (χ0) is 13.1. The fourth-order valence-corrected chi connectivity index (χ4v) is 1.93. The smallest absolute Gasteiger partial charge is 0.142 e. The standard InChI is InChI=1S/C11H9Cl2FN4/c12-7-4-6(14)5-8(13)11(7)17-9-2-1-3-10(16-9)18-15/h1-5H,15H2,(H2,16,17,18). The summed E-state index contributed by atoms with van der Waals surface area (Å²) in [6, 6.07) is 7.48. The molecule has 18 heavy (non-hydrogen) atoms. The van der Waals surface area contributed by atoms with Crippen LogP contribution < -0.4 is 16.6 Å². The number of pyridine rings is 1. The molecule has 2 aromatic rings. The number of benzene rings is 1. The first-order valence-electron chi connectivity index (χ1n) is 4.95. The average molecular weight is 287 g/mol. The van der Waals surface area contributed by atoms with Crippen LogP contribution in [0.15, 0.2) is 30.3 Å². The van der Waals surface area contributed by atoms with E-state index in [0.29, 0.717) is 17.3 Å². The summed E-state index contributed by atoms with van der Waals surface area (Å²) in [4.78, 5) is 4.13. The van der Waals surface area contributed by atoms with Crippen molar-refractivity contribution in [2.75, 3.05) is 10.7 Å². The summed E-state index contributed by atoms with van der Waals surface area (Å²) in [5.41, 5.74) is 2.80. The second-order valence-corrected chi connectivity index (χ2v) is 4.24. The SMILES string of the molecule is NNc1cccc(Nc2c(Cl)cc(F)cc2Cl)n1. The van der Waals surface area contributed by atoms with Gasteiger partial charge in [0.2, 0.25) is 0 Å². The third-order valence-corrected chi connectivity index (χ3v) is 2.75. The van der Waals surface area contributed by atoms with Gasteiger partial charge in [0.05, 0.1) is 15.7 Å². The molecule has 1 heterocycles. The van der Waals surface area contributed by atoms with Crippen molar-refractivity contribution in [1.29, 1.82) is 0 Å². The van der Waals surface area contributed by atoms with Gasteiger partial charge >= 0.3 is 0 Å². The van der Waals surface area contributed by atoms with Crippen LogP contribution in [0.5, 0.6) is 0 Å². The fourth-order valence-electron chi connectivity index (χ4n) is 1.37. The molecular formula is C11H9Cl2FN4. The lowest BCUT2D eigenvalue weighted by Gasteiger charge is -2.10. The van der Waals surface area contributed by atoms with Gasteiger partial charge < -0.3 is 10.7 Å². The van der Waals surface area contributed by atoms with Gasteiger partial charge in [0.15, 0.2) is 0 Å². The van der Waals surface area contributed by atoms with E-state index in [9.17, 15) is 4.39 Å². The molecule has 94 valence electrons. The summed E-state index contributed by atoms with van der Waals surface area (Å²) in [6.45, 7) is 0. The minimum atomic E-state index is -0.499. The summed E-state index contributed by atoms with van der Waals surface area (Å²) in [5.74, 6) is 5.72. The van der Waals surface area contributed by atoms with Gasteiger partial charge in [-0.25, -0.2) is 15.2 Å². The van der Waals surface area contributed by atoms with Crippen molar-refractivity contribution >= 4 is 40.5 Å². The number of nitrogens with two attached hydrogens (primary N) is 1. The lowest BCUT2D eigenvalue weighted by atomic mass is 10.3. The normalized spacial score (nSPS) is 10.2. The van der Waals surface area contributed by atoms with Crippen LogP contribution in [0.3, 0.4) is 0 Å². The number of aromatic nitrogens is 1. The van der Waals surface area contributed by atoms with Crippen LogP contribution in [0.4, 0.5) is 21.7 Å². The Hall–Kier alpha value is -1.56. The number of halogens is 3. The van der Waals surface area contributed by atoms with E-state index in [1.54, 1.807) is 18.2 Å². The minimum absolute atomic E-state index is 0.174. The summed E-state index contributed by atoms with van der Waals surface area (Å²) in [5, 5.41) is 3.25. The molecule has 0 saturated heterocycles. The maximum atomic E-state index is 13.0. The van der Waals surface area contributed by atoms with E-state index in [0.717, 1.165) is 0 Å². The Morgan fingerprint density at radius 2 is 1.72 bits per heavy atom. The Bertz CT molecular complexity index is 554. The predicted molar refractivity (Wildman–Crippen MR) is 71.7 cm³/mol. The van der Waals surface area contributed by atoms with Crippen molar-refractivity contribution in [3.05, 3.63) is 46.2 Å². The van der Waals surface area contributed by atoms with Crippen LogP contribution >= 0.6 is 23.2 Å². The molecule has 0 fully saturated rings. The van der Waals surface area contributed by atoms with E-state index in [1.165, 1.54) is 12.1 Å². The molecule has 2 rings (SSSR count). The predicted octanol–water partition coefficient (Wildman–Crippen LogP) is 3.56. The number of hydrogen-bond acceptors (Lipinski definition) is 4. The Morgan fingerprint density at radius 3 is 2.33 bits per heavy atom. The van der Waals surface area contributed by atoms with Gasteiger partial charge in [-0.3, -0.25) is 0 Å². The first-order chi connectivity index (χ1) is 8.60. The Labute approximate surface area is 113 Å². The van der Waals surface area contributed by atoms with Crippen molar-refractivity contribution < 1.29 is 4.39 Å². The molecule has 0 spiro atoms. The van der Waals surface area contributed by atoms with Crippen molar-refractivity contribution in [3.63, 3.8) is 0 Å². The monoisotopic (exact) mass is 286 g/mol. The first-order valence-corrected chi connectivity index (χ1v) is 5.71. The number of hydrogen-bond donors (Lipinski definition) is 3. The van der Waals surface area contributed by atoms with Crippen molar-refractivity contribution in [3.8, 4) is 0 Å². The number of anilines is 3. The van der Waals surface area contributed by atoms with Crippen molar-refractivity contribution in [2.24, 2.45) is 5.84 Å². The third kappa shape index (κ3) is 2.81. The molecule has 0 aliphatic heterocycles. The van der Waals surface area contributed by atoms with Crippen molar-refractivity contribution in [2.45, 2.75) is 0 Å². The highest BCUT2D eigenvalue weighted by atomic mass is 35.5. The molecule has 1 aromatic carbocycles. The second-order valence-electron chi connectivity index (χ2n) is 3.42. The number of rotatable bonds is 3. The highest BCUT2D eigenvalue weighted by molar-refractivity contribution is 6.39. The van der Waals surface area contributed by atoms with Gasteiger partial charge in [0.1, 0.15) is 17.5 Å². The molecule has 0 aliphatic carbocycles. The highest BCUT2D eigenvalue weighted by Gasteiger charge is 2.09. The summed E-state index contributed by atoms with van der Waals surface area (Å²) in [6.07, 6.45) is 0. The Morgan fingerprint density at radius 1 is 1.11 bits per heavy atom. The number of hydrazine groups is 1. The summed E-state index contributed by atoms with van der Waals surface area (Å²) in [7, 11) is 0. The van der Waals surface area contributed by atoms with E-state index in [1.807, 2.05) is 0 Å². The van der Waals surface area contributed by atoms with Gasteiger partial charge in [0, 0.05) is 0 Å². The van der Waals surface area contributed by atoms with E-state index in [4.69, 9.17) is 29.0 Å². The van der Waals surface area contributed by atoms with Gasteiger partial charge in [-0.15, -0.1) is 0 Å². The van der Waals surface area contributed by atoms with Crippen LogP contribution in [0.1, 0.15) is 0 Å². The topological polar surface area (TPSA) is 63.0 Å². The summed E-state index contributed by atoms with van der Waals surface area (Å²) >= 11 is 11.8. The van der Waals surface area contributed by atoms with Crippen LogP contribution in [0.2, 0.25) is 10.0 Å². The summed E-state index contributed by atoms with van der Waals surface area (Å²) < 4.78 is 13.0. The van der Waals surface area contributed by atoms with Gasteiger partial charge in [-0.05, 0) is 24.3 Å². The maximum absolute atomic E-state index is 13.0. The molecule has 0 bridgehead atoms. The lowest BCUT2D eigenvalue weighted by Crippen LogP contribution is -2.09. The van der Waals surface area contributed by atoms with Crippen LogP contribution in [0.25, 0.3) is 0 Å². The molecule has 4 nitrogen and oxygen atoms in total. The van der Waals surface area contributed by atoms with Crippen molar-refractivity contribution in [1.82, 2.24) is 4.98 Å². The van der Waals surface area contributed by atoms with Gasteiger partial charge in [-0.1, -0.05) is 29.3 Å². The molecule has 7 heteroatoms. The molecule has 4 N–H and O–H groups in total. The largest absolute Gasteiger partial charge is 0.338 e. The molecule has 0 unspecified atom stereocenters. The number of nitrogens with one attached hydrogen (secondary N) is 2.